The molecule has 12 heavy (non-hydrogen) atoms. The topological polar surface area (TPSA) is 12.0 Å². The van der Waals surface area contributed by atoms with Crippen LogP contribution in [0.5, 0.6) is 0 Å². The van der Waals surface area contributed by atoms with E-state index in [1.807, 2.05) is 11.8 Å². The van der Waals surface area contributed by atoms with Crippen LogP contribution in [-0.4, -0.2) is 6.26 Å². The summed E-state index contributed by atoms with van der Waals surface area (Å²) in [7, 11) is 0. The molecule has 0 saturated carbocycles. The maximum atomic E-state index is 3.33. The Bertz CT molecular complexity index is 275. The molecule has 1 aliphatic heterocycles. The van der Waals surface area contributed by atoms with E-state index in [-0.39, 0.29) is 12.4 Å². The van der Waals surface area contributed by atoms with E-state index in [1.54, 1.807) is 0 Å². The van der Waals surface area contributed by atoms with E-state index < -0.39 is 0 Å². The van der Waals surface area contributed by atoms with E-state index in [4.69, 9.17) is 0 Å². The van der Waals surface area contributed by atoms with Crippen LogP contribution in [0.2, 0.25) is 0 Å². The van der Waals surface area contributed by atoms with Gasteiger partial charge in [-0.25, -0.2) is 0 Å². The van der Waals surface area contributed by atoms with Crippen molar-refractivity contribution in [3.05, 3.63) is 29.3 Å². The molecular formula is C9H12ClNS. The number of benzene rings is 1. The maximum absolute atomic E-state index is 3.33. The monoisotopic (exact) mass is 201 g/mol. The zero-order valence-corrected chi connectivity index (χ0v) is 8.60. The molecule has 3 heteroatoms. The van der Waals surface area contributed by atoms with Gasteiger partial charge in [0.15, 0.2) is 0 Å². The average Bonchev–Trinajstić information content (AvgIpc) is 2.50. The van der Waals surface area contributed by atoms with Gasteiger partial charge in [-0.15, -0.1) is 24.2 Å². The molecule has 0 atom stereocenters. The fraction of sp³-hybridized carbons (Fsp3) is 0.333. The predicted molar refractivity (Wildman–Crippen MR) is 56.0 cm³/mol. The van der Waals surface area contributed by atoms with Gasteiger partial charge in [0.2, 0.25) is 0 Å². The first-order chi connectivity index (χ1) is 5.40. The lowest BCUT2D eigenvalue weighted by molar-refractivity contribution is 0.764. The first-order valence-electron chi connectivity index (χ1n) is 3.76. The van der Waals surface area contributed by atoms with Crippen molar-refractivity contribution >= 4 is 24.2 Å². The third kappa shape index (κ3) is 1.76. The Balaban J connectivity index is 0.000000720. The van der Waals surface area contributed by atoms with Crippen molar-refractivity contribution in [3.63, 3.8) is 0 Å². The number of rotatable bonds is 1. The smallest absolute Gasteiger partial charge is 0.0212 e. The lowest BCUT2D eigenvalue weighted by Gasteiger charge is -1.99. The molecule has 0 saturated heterocycles. The SMILES string of the molecule is CSc1ccc2c(c1)CNC2.Cl. The van der Waals surface area contributed by atoms with Gasteiger partial charge in [-0.3, -0.25) is 0 Å². The number of fused-ring (bicyclic) bond motifs is 1. The number of nitrogens with one attached hydrogen (secondary N) is 1. The normalized spacial score (nSPS) is 13.8. The Kier molecular flexibility index (Phi) is 3.44. The van der Waals surface area contributed by atoms with Gasteiger partial charge in [0.1, 0.15) is 0 Å². The quantitative estimate of drug-likeness (QED) is 0.701. The van der Waals surface area contributed by atoms with Crippen LogP contribution in [0, 0.1) is 0 Å². The van der Waals surface area contributed by atoms with E-state index in [0.29, 0.717) is 0 Å². The van der Waals surface area contributed by atoms with Crippen LogP contribution < -0.4 is 5.32 Å². The minimum absolute atomic E-state index is 0. The predicted octanol–water partition coefficient (Wildman–Crippen LogP) is 2.43. The molecule has 0 fully saturated rings. The molecule has 0 aliphatic carbocycles. The molecule has 2 rings (SSSR count). The lowest BCUT2D eigenvalue weighted by atomic mass is 10.1. The molecule has 0 radical (unpaired) electrons. The summed E-state index contributed by atoms with van der Waals surface area (Å²) in [5.41, 5.74) is 2.93. The molecule has 0 amide bonds. The minimum Gasteiger partial charge on any atom is -0.309 e. The molecule has 1 nitrogen and oxygen atoms in total. The van der Waals surface area contributed by atoms with E-state index in [2.05, 4.69) is 29.8 Å². The van der Waals surface area contributed by atoms with Crippen molar-refractivity contribution < 1.29 is 0 Å². The second kappa shape index (κ2) is 4.17. The summed E-state index contributed by atoms with van der Waals surface area (Å²) in [6.45, 7) is 2.09. The molecule has 0 bridgehead atoms. The Morgan fingerprint density at radius 1 is 1.25 bits per heavy atom. The molecule has 0 spiro atoms. The highest BCUT2D eigenvalue weighted by Gasteiger charge is 2.08. The van der Waals surface area contributed by atoms with Crippen molar-refractivity contribution in [2.45, 2.75) is 18.0 Å². The van der Waals surface area contributed by atoms with Crippen LogP contribution in [0.3, 0.4) is 0 Å². The van der Waals surface area contributed by atoms with Gasteiger partial charge in [0, 0.05) is 18.0 Å². The maximum Gasteiger partial charge on any atom is 0.0212 e. The number of hydrogen-bond acceptors (Lipinski definition) is 2. The molecule has 0 aromatic heterocycles. The van der Waals surface area contributed by atoms with Gasteiger partial charge >= 0.3 is 0 Å². The van der Waals surface area contributed by atoms with Crippen molar-refractivity contribution in [2.75, 3.05) is 6.26 Å². The third-order valence-electron chi connectivity index (χ3n) is 2.04. The largest absolute Gasteiger partial charge is 0.309 e. The third-order valence-corrected chi connectivity index (χ3v) is 2.77. The van der Waals surface area contributed by atoms with Gasteiger partial charge in [-0.2, -0.15) is 0 Å². The first-order valence-corrected chi connectivity index (χ1v) is 4.99. The average molecular weight is 202 g/mol. The van der Waals surface area contributed by atoms with E-state index >= 15 is 0 Å². The summed E-state index contributed by atoms with van der Waals surface area (Å²) in [6, 6.07) is 6.69. The van der Waals surface area contributed by atoms with Crippen LogP contribution in [-0.2, 0) is 13.1 Å². The molecule has 1 heterocycles. The molecule has 1 aromatic rings. The Labute approximate surface area is 83.3 Å². The molecule has 1 aliphatic rings. The zero-order valence-electron chi connectivity index (χ0n) is 6.96. The van der Waals surface area contributed by atoms with E-state index in [9.17, 15) is 0 Å². The van der Waals surface area contributed by atoms with Crippen molar-refractivity contribution in [2.24, 2.45) is 0 Å². The molecule has 0 unspecified atom stereocenters. The standard InChI is InChI=1S/C9H11NS.ClH/c1-11-9-3-2-7-5-10-6-8(7)4-9;/h2-4,10H,5-6H2,1H3;1H. The fourth-order valence-electron chi connectivity index (χ4n) is 1.40. The molecular weight excluding hydrogens is 190 g/mol. The summed E-state index contributed by atoms with van der Waals surface area (Å²) < 4.78 is 0. The summed E-state index contributed by atoms with van der Waals surface area (Å²) in [6.07, 6.45) is 2.12. The second-order valence-corrected chi connectivity index (χ2v) is 3.62. The summed E-state index contributed by atoms with van der Waals surface area (Å²) in [4.78, 5) is 1.37. The highest BCUT2D eigenvalue weighted by atomic mass is 35.5. The first kappa shape index (κ1) is 9.90. The lowest BCUT2D eigenvalue weighted by Crippen LogP contribution is -1.99. The van der Waals surface area contributed by atoms with Crippen LogP contribution in [0.4, 0.5) is 0 Å². The highest BCUT2D eigenvalue weighted by Crippen LogP contribution is 2.22. The fourth-order valence-corrected chi connectivity index (χ4v) is 1.86. The summed E-state index contributed by atoms with van der Waals surface area (Å²) >= 11 is 1.81. The number of thioether (sulfide) groups is 1. The van der Waals surface area contributed by atoms with Crippen molar-refractivity contribution in [3.8, 4) is 0 Å². The van der Waals surface area contributed by atoms with Gasteiger partial charge in [-0.1, -0.05) is 6.07 Å². The second-order valence-electron chi connectivity index (χ2n) is 2.74. The number of hydrogen-bond donors (Lipinski definition) is 1. The van der Waals surface area contributed by atoms with E-state index in [1.165, 1.54) is 16.0 Å². The summed E-state index contributed by atoms with van der Waals surface area (Å²) in [5, 5.41) is 3.33. The van der Waals surface area contributed by atoms with Crippen LogP contribution in [0.1, 0.15) is 11.1 Å². The van der Waals surface area contributed by atoms with E-state index in [0.717, 1.165) is 13.1 Å². The molecule has 1 N–H and O–H groups in total. The van der Waals surface area contributed by atoms with Crippen LogP contribution >= 0.6 is 24.2 Å². The van der Waals surface area contributed by atoms with Crippen LogP contribution in [0.25, 0.3) is 0 Å². The van der Waals surface area contributed by atoms with Gasteiger partial charge in [0.25, 0.3) is 0 Å². The zero-order chi connectivity index (χ0) is 7.68. The minimum atomic E-state index is 0. The number of halogens is 1. The summed E-state index contributed by atoms with van der Waals surface area (Å²) in [5.74, 6) is 0. The Morgan fingerprint density at radius 2 is 2.00 bits per heavy atom. The van der Waals surface area contributed by atoms with Gasteiger partial charge < -0.3 is 5.32 Å². The Morgan fingerprint density at radius 3 is 2.75 bits per heavy atom. The van der Waals surface area contributed by atoms with Crippen LogP contribution in [0.15, 0.2) is 23.1 Å². The molecule has 66 valence electrons. The molecule has 1 aromatic carbocycles. The van der Waals surface area contributed by atoms with Crippen molar-refractivity contribution in [1.29, 1.82) is 0 Å². The highest BCUT2D eigenvalue weighted by molar-refractivity contribution is 7.98. The van der Waals surface area contributed by atoms with Crippen molar-refractivity contribution in [1.82, 2.24) is 5.32 Å². The Hall–Kier alpha value is -0.180. The van der Waals surface area contributed by atoms with Gasteiger partial charge in [0.05, 0.1) is 0 Å². The van der Waals surface area contributed by atoms with Gasteiger partial charge in [-0.05, 0) is 29.5 Å².